The van der Waals surface area contributed by atoms with Gasteiger partial charge in [-0.1, -0.05) is 17.7 Å². The predicted molar refractivity (Wildman–Crippen MR) is 76.1 cm³/mol. The smallest absolute Gasteiger partial charge is 0.188 e. The predicted octanol–water partition coefficient (Wildman–Crippen LogP) is 1.96. The SMILES string of the molecule is COCC(C)NC(N)=NCCc1c(F)cccc1Cl. The second-order valence-electron chi connectivity index (χ2n) is 4.22. The van der Waals surface area contributed by atoms with Crippen LogP contribution in [0.15, 0.2) is 23.2 Å². The van der Waals surface area contributed by atoms with Gasteiger partial charge in [-0.25, -0.2) is 4.39 Å². The quantitative estimate of drug-likeness (QED) is 0.621. The third kappa shape index (κ3) is 5.44. The molecule has 1 aromatic carbocycles. The van der Waals surface area contributed by atoms with Gasteiger partial charge >= 0.3 is 0 Å². The van der Waals surface area contributed by atoms with Crippen molar-refractivity contribution in [1.29, 1.82) is 0 Å². The van der Waals surface area contributed by atoms with E-state index in [1.165, 1.54) is 6.07 Å². The first kappa shape index (κ1) is 15.7. The molecule has 0 heterocycles. The molecule has 106 valence electrons. The maximum Gasteiger partial charge on any atom is 0.188 e. The number of guanidine groups is 1. The highest BCUT2D eigenvalue weighted by molar-refractivity contribution is 6.31. The van der Waals surface area contributed by atoms with Crippen molar-refractivity contribution in [3.8, 4) is 0 Å². The van der Waals surface area contributed by atoms with Gasteiger partial charge in [-0.3, -0.25) is 4.99 Å². The summed E-state index contributed by atoms with van der Waals surface area (Å²) in [7, 11) is 1.62. The molecule has 0 amide bonds. The second kappa shape index (κ2) is 7.96. The standard InChI is InChI=1S/C13H19ClFN3O/c1-9(8-19-2)18-13(16)17-7-6-10-11(14)4-3-5-12(10)15/h3-5,9H,6-8H2,1-2H3,(H3,16,17,18). The van der Waals surface area contributed by atoms with Crippen molar-refractivity contribution >= 4 is 17.6 Å². The molecule has 0 aliphatic rings. The summed E-state index contributed by atoms with van der Waals surface area (Å²) >= 11 is 5.92. The lowest BCUT2D eigenvalue weighted by Crippen LogP contribution is -2.40. The summed E-state index contributed by atoms with van der Waals surface area (Å²) < 4.78 is 18.5. The van der Waals surface area contributed by atoms with Gasteiger partial charge in [0.1, 0.15) is 5.82 Å². The Morgan fingerprint density at radius 2 is 2.32 bits per heavy atom. The Hall–Kier alpha value is -1.33. The Labute approximate surface area is 117 Å². The molecule has 0 aromatic heterocycles. The van der Waals surface area contributed by atoms with Crippen LogP contribution in [0.2, 0.25) is 5.02 Å². The van der Waals surface area contributed by atoms with E-state index in [9.17, 15) is 4.39 Å². The molecular weight excluding hydrogens is 269 g/mol. The zero-order valence-electron chi connectivity index (χ0n) is 11.1. The first-order valence-corrected chi connectivity index (χ1v) is 6.40. The molecule has 1 atom stereocenters. The van der Waals surface area contributed by atoms with Crippen LogP contribution in [-0.4, -0.2) is 32.3 Å². The largest absolute Gasteiger partial charge is 0.383 e. The Morgan fingerprint density at radius 1 is 1.58 bits per heavy atom. The molecule has 0 saturated heterocycles. The third-order valence-electron chi connectivity index (χ3n) is 2.52. The van der Waals surface area contributed by atoms with Crippen LogP contribution in [0.3, 0.4) is 0 Å². The highest BCUT2D eigenvalue weighted by atomic mass is 35.5. The first-order chi connectivity index (χ1) is 9.04. The fourth-order valence-corrected chi connectivity index (χ4v) is 1.91. The lowest BCUT2D eigenvalue weighted by Gasteiger charge is -2.13. The number of nitrogens with zero attached hydrogens (tertiary/aromatic N) is 1. The summed E-state index contributed by atoms with van der Waals surface area (Å²) in [5.41, 5.74) is 6.17. The summed E-state index contributed by atoms with van der Waals surface area (Å²) in [6.07, 6.45) is 0.409. The van der Waals surface area contributed by atoms with Gasteiger partial charge < -0.3 is 15.8 Å². The monoisotopic (exact) mass is 287 g/mol. The van der Waals surface area contributed by atoms with Crippen molar-refractivity contribution < 1.29 is 9.13 Å². The number of aliphatic imine (C=N–C) groups is 1. The molecule has 4 nitrogen and oxygen atoms in total. The zero-order valence-corrected chi connectivity index (χ0v) is 11.9. The van der Waals surface area contributed by atoms with E-state index in [4.69, 9.17) is 22.1 Å². The van der Waals surface area contributed by atoms with Crippen LogP contribution in [0, 0.1) is 5.82 Å². The van der Waals surface area contributed by atoms with E-state index < -0.39 is 0 Å². The minimum Gasteiger partial charge on any atom is -0.383 e. The number of benzene rings is 1. The summed E-state index contributed by atoms with van der Waals surface area (Å²) in [6.45, 7) is 2.84. The highest BCUT2D eigenvalue weighted by Crippen LogP contribution is 2.19. The Balaban J connectivity index is 2.49. The Morgan fingerprint density at radius 3 is 2.95 bits per heavy atom. The van der Waals surface area contributed by atoms with Crippen molar-refractivity contribution in [2.75, 3.05) is 20.3 Å². The molecule has 0 aliphatic heterocycles. The number of hydrogen-bond acceptors (Lipinski definition) is 2. The second-order valence-corrected chi connectivity index (χ2v) is 4.63. The molecule has 0 saturated carbocycles. The number of nitrogens with two attached hydrogens (primary N) is 1. The molecule has 3 N–H and O–H groups in total. The topological polar surface area (TPSA) is 59.6 Å². The third-order valence-corrected chi connectivity index (χ3v) is 2.87. The molecule has 6 heteroatoms. The van der Waals surface area contributed by atoms with Crippen molar-refractivity contribution in [3.63, 3.8) is 0 Å². The summed E-state index contributed by atoms with van der Waals surface area (Å²) in [5, 5.41) is 3.38. The van der Waals surface area contributed by atoms with Gasteiger partial charge in [-0.05, 0) is 25.5 Å². The van der Waals surface area contributed by atoms with Gasteiger partial charge in [0.2, 0.25) is 0 Å². The van der Waals surface area contributed by atoms with E-state index in [1.54, 1.807) is 19.2 Å². The molecule has 1 unspecified atom stereocenters. The molecule has 19 heavy (non-hydrogen) atoms. The Bertz CT molecular complexity index is 420. The molecular formula is C13H19ClFN3O. The molecule has 0 aliphatic carbocycles. The highest BCUT2D eigenvalue weighted by Gasteiger charge is 2.06. The fourth-order valence-electron chi connectivity index (χ4n) is 1.65. The van der Waals surface area contributed by atoms with Crippen LogP contribution in [0.25, 0.3) is 0 Å². The lowest BCUT2D eigenvalue weighted by atomic mass is 10.1. The van der Waals surface area contributed by atoms with Crippen molar-refractivity contribution in [1.82, 2.24) is 5.32 Å². The molecule has 0 bridgehead atoms. The number of ether oxygens (including phenoxy) is 1. The van der Waals surface area contributed by atoms with Gasteiger partial charge in [0.05, 0.1) is 6.61 Å². The summed E-state index contributed by atoms with van der Waals surface area (Å²) in [6, 6.07) is 4.69. The minimum atomic E-state index is -0.318. The van der Waals surface area contributed by atoms with Gasteiger partial charge in [0, 0.05) is 30.3 Å². The van der Waals surface area contributed by atoms with E-state index in [-0.39, 0.29) is 11.9 Å². The van der Waals surface area contributed by atoms with E-state index in [0.717, 1.165) is 0 Å². The maximum atomic E-state index is 13.5. The average Bonchev–Trinajstić information content (AvgIpc) is 2.33. The van der Waals surface area contributed by atoms with Crippen LogP contribution in [0.5, 0.6) is 0 Å². The van der Waals surface area contributed by atoms with Crippen LogP contribution in [-0.2, 0) is 11.2 Å². The number of halogens is 2. The van der Waals surface area contributed by atoms with E-state index in [2.05, 4.69) is 10.3 Å². The molecule has 0 spiro atoms. The van der Waals surface area contributed by atoms with Gasteiger partial charge in [-0.15, -0.1) is 0 Å². The zero-order chi connectivity index (χ0) is 14.3. The fraction of sp³-hybridized carbons (Fsp3) is 0.462. The van der Waals surface area contributed by atoms with Crippen molar-refractivity contribution in [3.05, 3.63) is 34.6 Å². The van der Waals surface area contributed by atoms with Crippen LogP contribution >= 0.6 is 11.6 Å². The van der Waals surface area contributed by atoms with Crippen molar-refractivity contribution in [2.24, 2.45) is 10.7 Å². The van der Waals surface area contributed by atoms with E-state index in [0.29, 0.717) is 36.1 Å². The normalized spacial score (nSPS) is 13.4. The number of nitrogens with one attached hydrogen (secondary N) is 1. The van der Waals surface area contributed by atoms with E-state index >= 15 is 0 Å². The average molecular weight is 288 g/mol. The number of rotatable bonds is 6. The molecule has 0 radical (unpaired) electrons. The number of hydrogen-bond donors (Lipinski definition) is 2. The van der Waals surface area contributed by atoms with Crippen LogP contribution < -0.4 is 11.1 Å². The Kier molecular flexibility index (Phi) is 6.59. The molecule has 1 rings (SSSR count). The van der Waals surface area contributed by atoms with Crippen LogP contribution in [0.1, 0.15) is 12.5 Å². The number of methoxy groups -OCH3 is 1. The molecule has 0 fully saturated rings. The van der Waals surface area contributed by atoms with Crippen molar-refractivity contribution in [2.45, 2.75) is 19.4 Å². The maximum absolute atomic E-state index is 13.5. The first-order valence-electron chi connectivity index (χ1n) is 6.03. The minimum absolute atomic E-state index is 0.0748. The van der Waals surface area contributed by atoms with Gasteiger partial charge in [-0.2, -0.15) is 0 Å². The van der Waals surface area contributed by atoms with Gasteiger partial charge in [0.15, 0.2) is 5.96 Å². The van der Waals surface area contributed by atoms with E-state index in [1.807, 2.05) is 6.92 Å². The molecule has 1 aromatic rings. The van der Waals surface area contributed by atoms with Gasteiger partial charge in [0.25, 0.3) is 0 Å². The summed E-state index contributed by atoms with van der Waals surface area (Å²) in [4.78, 5) is 4.13. The summed E-state index contributed by atoms with van der Waals surface area (Å²) in [5.74, 6) is -0.000932. The van der Waals surface area contributed by atoms with Crippen LogP contribution in [0.4, 0.5) is 4.39 Å². The lowest BCUT2D eigenvalue weighted by molar-refractivity contribution is 0.179.